The third-order valence-electron chi connectivity index (χ3n) is 3.98. The second kappa shape index (κ2) is 6.85. The number of aliphatic imine (C=N–C) groups is 1. The third-order valence-corrected chi connectivity index (χ3v) is 3.98. The van der Waals surface area contributed by atoms with Crippen molar-refractivity contribution in [1.82, 2.24) is 9.80 Å². The lowest BCUT2D eigenvalue weighted by molar-refractivity contribution is 0.248. The fourth-order valence-corrected chi connectivity index (χ4v) is 2.59. The highest BCUT2D eigenvalue weighted by molar-refractivity contribution is 5.80. The number of halogens is 2. The molecule has 2 N–H and O–H groups in total. The molecule has 1 aromatic carbocycles. The second-order valence-corrected chi connectivity index (χ2v) is 5.11. The van der Waals surface area contributed by atoms with Crippen molar-refractivity contribution < 1.29 is 8.78 Å². The molecule has 6 heteroatoms. The zero-order valence-electron chi connectivity index (χ0n) is 12.5. The molecule has 2 rings (SSSR count). The highest BCUT2D eigenvalue weighted by Gasteiger charge is 2.28. The molecule has 1 aromatic rings. The van der Waals surface area contributed by atoms with E-state index in [4.69, 9.17) is 5.73 Å². The zero-order valence-corrected chi connectivity index (χ0v) is 12.5. The summed E-state index contributed by atoms with van der Waals surface area (Å²) in [6, 6.07) is 3.87. The van der Waals surface area contributed by atoms with Crippen LogP contribution in [-0.4, -0.2) is 48.5 Å². The molecule has 1 heterocycles. The maximum Gasteiger partial charge on any atom is 0.191 e. The van der Waals surface area contributed by atoms with Gasteiger partial charge in [0.05, 0.1) is 12.6 Å². The summed E-state index contributed by atoms with van der Waals surface area (Å²) in [5.74, 6) is -1.20. The molecule has 0 bridgehead atoms. The van der Waals surface area contributed by atoms with Crippen LogP contribution >= 0.6 is 0 Å². The van der Waals surface area contributed by atoms with Gasteiger partial charge in [0.2, 0.25) is 0 Å². The lowest BCUT2D eigenvalue weighted by Crippen LogP contribution is -2.41. The Labute approximate surface area is 124 Å². The van der Waals surface area contributed by atoms with Crippen LogP contribution in [0, 0.1) is 11.6 Å². The first-order valence-electron chi connectivity index (χ1n) is 7.30. The van der Waals surface area contributed by atoms with Gasteiger partial charge in [-0.25, -0.2) is 8.78 Å². The third kappa shape index (κ3) is 3.50. The molecule has 116 valence electrons. The summed E-state index contributed by atoms with van der Waals surface area (Å²) in [4.78, 5) is 8.49. The molecule has 1 aliphatic rings. The van der Waals surface area contributed by atoms with Crippen molar-refractivity contribution in [3.8, 4) is 0 Å². The Morgan fingerprint density at radius 3 is 2.62 bits per heavy atom. The van der Waals surface area contributed by atoms with Crippen molar-refractivity contribution in [2.75, 3.05) is 32.7 Å². The van der Waals surface area contributed by atoms with Crippen LogP contribution in [0.5, 0.6) is 0 Å². The Hall–Kier alpha value is -1.69. The van der Waals surface area contributed by atoms with E-state index in [0.717, 1.165) is 32.2 Å². The van der Waals surface area contributed by atoms with Gasteiger partial charge in [-0.05, 0) is 30.8 Å². The predicted molar refractivity (Wildman–Crippen MR) is 80.1 cm³/mol. The van der Waals surface area contributed by atoms with Crippen molar-refractivity contribution in [3.05, 3.63) is 35.4 Å². The minimum Gasteiger partial charge on any atom is -0.370 e. The van der Waals surface area contributed by atoms with Crippen molar-refractivity contribution >= 4 is 5.96 Å². The molecule has 4 nitrogen and oxygen atoms in total. The minimum atomic E-state index is -0.833. The quantitative estimate of drug-likeness (QED) is 0.873. The van der Waals surface area contributed by atoms with E-state index >= 15 is 0 Å². The van der Waals surface area contributed by atoms with Gasteiger partial charge in [0, 0.05) is 13.1 Å². The molecule has 0 saturated heterocycles. The average molecular weight is 296 g/mol. The number of rotatable bonds is 6. The van der Waals surface area contributed by atoms with E-state index in [0.29, 0.717) is 18.1 Å². The van der Waals surface area contributed by atoms with E-state index in [1.165, 1.54) is 6.07 Å². The van der Waals surface area contributed by atoms with Crippen molar-refractivity contribution in [3.63, 3.8) is 0 Å². The lowest BCUT2D eigenvalue weighted by Gasteiger charge is -2.29. The number of guanidine groups is 1. The van der Waals surface area contributed by atoms with Crippen LogP contribution in [0.4, 0.5) is 8.78 Å². The summed E-state index contributed by atoms with van der Waals surface area (Å²) in [6.07, 6.45) is 0. The molecule has 0 spiro atoms. The van der Waals surface area contributed by atoms with Crippen molar-refractivity contribution in [1.29, 1.82) is 0 Å². The first-order valence-corrected chi connectivity index (χ1v) is 7.30. The fourth-order valence-electron chi connectivity index (χ4n) is 2.59. The molecule has 0 aliphatic carbocycles. The normalized spacial score (nSPS) is 18.4. The van der Waals surface area contributed by atoms with Crippen LogP contribution in [-0.2, 0) is 0 Å². The summed E-state index contributed by atoms with van der Waals surface area (Å²) >= 11 is 0. The van der Waals surface area contributed by atoms with Gasteiger partial charge in [0.15, 0.2) is 17.6 Å². The highest BCUT2D eigenvalue weighted by Crippen LogP contribution is 2.26. The lowest BCUT2D eigenvalue weighted by atomic mass is 10.1. The molecule has 0 radical (unpaired) electrons. The second-order valence-electron chi connectivity index (χ2n) is 5.11. The van der Waals surface area contributed by atoms with Crippen molar-refractivity contribution in [2.24, 2.45) is 10.7 Å². The Kier molecular flexibility index (Phi) is 5.12. The molecule has 0 saturated carbocycles. The van der Waals surface area contributed by atoms with E-state index in [1.807, 2.05) is 4.90 Å². The fraction of sp³-hybridized carbons (Fsp3) is 0.533. The van der Waals surface area contributed by atoms with Gasteiger partial charge in [-0.1, -0.05) is 19.9 Å². The molecule has 0 fully saturated rings. The van der Waals surface area contributed by atoms with E-state index in [2.05, 4.69) is 23.7 Å². The van der Waals surface area contributed by atoms with Crippen molar-refractivity contribution in [2.45, 2.75) is 19.9 Å². The monoisotopic (exact) mass is 296 g/mol. The summed E-state index contributed by atoms with van der Waals surface area (Å²) in [6.45, 7) is 8.23. The number of hydrogen-bond acceptors (Lipinski definition) is 4. The van der Waals surface area contributed by atoms with Crippen LogP contribution in [0.15, 0.2) is 23.2 Å². The van der Waals surface area contributed by atoms with Gasteiger partial charge in [0.1, 0.15) is 0 Å². The number of nitrogens with zero attached hydrogens (tertiary/aromatic N) is 3. The summed E-state index contributed by atoms with van der Waals surface area (Å²) in [5, 5.41) is 0. The summed E-state index contributed by atoms with van der Waals surface area (Å²) in [5.41, 5.74) is 6.64. The van der Waals surface area contributed by atoms with Gasteiger partial charge >= 0.3 is 0 Å². The predicted octanol–water partition coefficient (Wildman–Crippen LogP) is 1.98. The van der Waals surface area contributed by atoms with Crippen LogP contribution in [0.2, 0.25) is 0 Å². The SMILES string of the molecule is CCN(CC)CCN1C(N)=NCC1c1ccc(F)c(F)c1. The smallest absolute Gasteiger partial charge is 0.191 e. The summed E-state index contributed by atoms with van der Waals surface area (Å²) in [7, 11) is 0. The standard InChI is InChI=1S/C15H22F2N4/c1-3-20(4-2)7-8-21-14(10-19-15(21)18)11-5-6-12(16)13(17)9-11/h5-6,9,14H,3-4,7-8,10H2,1-2H3,(H2,18,19). The highest BCUT2D eigenvalue weighted by atomic mass is 19.2. The Balaban J connectivity index is 2.10. The Morgan fingerprint density at radius 2 is 2.00 bits per heavy atom. The van der Waals surface area contributed by atoms with Crippen LogP contribution in [0.3, 0.4) is 0 Å². The first-order chi connectivity index (χ1) is 10.1. The molecule has 1 aliphatic heterocycles. The van der Waals surface area contributed by atoms with Crippen LogP contribution in [0.1, 0.15) is 25.5 Å². The molecule has 0 amide bonds. The zero-order chi connectivity index (χ0) is 15.4. The largest absolute Gasteiger partial charge is 0.370 e. The molecular weight excluding hydrogens is 274 g/mol. The minimum absolute atomic E-state index is 0.115. The number of nitrogens with two attached hydrogens (primary N) is 1. The van der Waals surface area contributed by atoms with E-state index in [-0.39, 0.29) is 6.04 Å². The maximum atomic E-state index is 13.4. The number of likely N-dealkylation sites (N-methyl/N-ethyl adjacent to an activating group) is 1. The Morgan fingerprint density at radius 1 is 1.29 bits per heavy atom. The average Bonchev–Trinajstić information content (AvgIpc) is 2.84. The molecule has 0 aromatic heterocycles. The molecule has 1 atom stereocenters. The summed E-state index contributed by atoms with van der Waals surface area (Å²) < 4.78 is 26.5. The van der Waals surface area contributed by atoms with Gasteiger partial charge in [-0.2, -0.15) is 0 Å². The van der Waals surface area contributed by atoms with Gasteiger partial charge in [0.25, 0.3) is 0 Å². The molecular formula is C15H22F2N4. The van der Waals surface area contributed by atoms with Crippen LogP contribution < -0.4 is 5.73 Å². The first kappa shape index (κ1) is 15.7. The molecule has 21 heavy (non-hydrogen) atoms. The number of hydrogen-bond donors (Lipinski definition) is 1. The topological polar surface area (TPSA) is 44.9 Å². The van der Waals surface area contributed by atoms with E-state index < -0.39 is 11.6 Å². The van der Waals surface area contributed by atoms with E-state index in [1.54, 1.807) is 6.07 Å². The van der Waals surface area contributed by atoms with Gasteiger partial charge < -0.3 is 15.5 Å². The van der Waals surface area contributed by atoms with E-state index in [9.17, 15) is 8.78 Å². The number of benzene rings is 1. The van der Waals surface area contributed by atoms with Crippen LogP contribution in [0.25, 0.3) is 0 Å². The molecule has 1 unspecified atom stereocenters. The van der Waals surface area contributed by atoms with Gasteiger partial charge in [-0.3, -0.25) is 4.99 Å². The maximum absolute atomic E-state index is 13.4. The Bertz CT molecular complexity index is 514. The van der Waals surface area contributed by atoms with Gasteiger partial charge in [-0.15, -0.1) is 0 Å².